The molecule has 1 N–H and O–H groups in total. The van der Waals surface area contributed by atoms with Crippen LogP contribution in [0.1, 0.15) is 6.92 Å². The summed E-state index contributed by atoms with van der Waals surface area (Å²) in [4.78, 5) is 9.36. The van der Waals surface area contributed by atoms with Crippen molar-refractivity contribution in [2.75, 3.05) is 0 Å². The highest BCUT2D eigenvalue weighted by atomic mass is 16.4. The summed E-state index contributed by atoms with van der Waals surface area (Å²) in [5, 5.41) is 15.7. The molecular formula is C3H4NO2-. The van der Waals surface area contributed by atoms with E-state index in [4.69, 9.17) is 5.41 Å². The summed E-state index contributed by atoms with van der Waals surface area (Å²) in [5.74, 6) is -1.41. The first kappa shape index (κ1) is 5.14. The number of carboxylic acid groups (broad SMARTS) is 1. The van der Waals surface area contributed by atoms with Crippen LogP contribution in [0.2, 0.25) is 0 Å². The molecular weight excluding hydrogens is 82.0 g/mol. The van der Waals surface area contributed by atoms with E-state index in [1.54, 1.807) is 0 Å². The summed E-state index contributed by atoms with van der Waals surface area (Å²) in [6.45, 7) is 1.16. The van der Waals surface area contributed by atoms with E-state index in [1.807, 2.05) is 0 Å². The Balaban J connectivity index is 3.57. The van der Waals surface area contributed by atoms with Gasteiger partial charge in [-0.2, -0.15) is 0 Å². The van der Waals surface area contributed by atoms with Gasteiger partial charge < -0.3 is 15.3 Å². The minimum atomic E-state index is -1.41. The summed E-state index contributed by atoms with van der Waals surface area (Å²) >= 11 is 0. The monoisotopic (exact) mass is 86.0 g/mol. The first-order valence-corrected chi connectivity index (χ1v) is 1.41. The maximum Gasteiger partial charge on any atom is 0.0848 e. The lowest BCUT2D eigenvalue weighted by molar-refractivity contribution is -0.294. The maximum atomic E-state index is 9.36. The van der Waals surface area contributed by atoms with Crippen LogP contribution in [0, 0.1) is 5.41 Å². The molecule has 3 nitrogen and oxygen atoms in total. The van der Waals surface area contributed by atoms with Crippen molar-refractivity contribution in [3.05, 3.63) is 0 Å². The Morgan fingerprint density at radius 1 is 1.83 bits per heavy atom. The van der Waals surface area contributed by atoms with E-state index in [9.17, 15) is 9.90 Å². The molecule has 3 heteroatoms. The number of nitrogens with one attached hydrogen (secondary N) is 1. The first-order valence-electron chi connectivity index (χ1n) is 1.41. The fraction of sp³-hybridized carbons (Fsp3) is 0.333. The third-order valence-corrected chi connectivity index (χ3v) is 0.306. The van der Waals surface area contributed by atoms with Gasteiger partial charge in [-0.15, -0.1) is 0 Å². The second-order valence-electron chi connectivity index (χ2n) is 0.912. The Morgan fingerprint density at radius 2 is 2.00 bits per heavy atom. The van der Waals surface area contributed by atoms with Crippen molar-refractivity contribution >= 4 is 11.7 Å². The maximum absolute atomic E-state index is 9.36. The van der Waals surface area contributed by atoms with Crippen molar-refractivity contribution < 1.29 is 9.90 Å². The second kappa shape index (κ2) is 1.55. The molecule has 0 spiro atoms. The van der Waals surface area contributed by atoms with E-state index < -0.39 is 11.7 Å². The molecule has 0 amide bonds. The summed E-state index contributed by atoms with van der Waals surface area (Å²) in [5.41, 5.74) is -0.435. The van der Waals surface area contributed by atoms with Crippen LogP contribution < -0.4 is 5.11 Å². The quantitative estimate of drug-likeness (QED) is 0.406. The zero-order valence-electron chi connectivity index (χ0n) is 3.32. The zero-order valence-corrected chi connectivity index (χ0v) is 3.32. The van der Waals surface area contributed by atoms with Gasteiger partial charge >= 0.3 is 0 Å². The van der Waals surface area contributed by atoms with Crippen molar-refractivity contribution in [3.63, 3.8) is 0 Å². The van der Waals surface area contributed by atoms with Crippen LogP contribution in [0.15, 0.2) is 0 Å². The predicted molar refractivity (Wildman–Crippen MR) is 18.4 cm³/mol. The van der Waals surface area contributed by atoms with E-state index in [1.165, 1.54) is 0 Å². The third kappa shape index (κ3) is 1.46. The van der Waals surface area contributed by atoms with Crippen molar-refractivity contribution in [1.82, 2.24) is 0 Å². The standard InChI is InChI=1S/C3H5NO2/c1-2(4)3(5)6/h4H,1H3,(H,5,6)/p-1. The van der Waals surface area contributed by atoms with E-state index in [0.717, 1.165) is 6.92 Å². The van der Waals surface area contributed by atoms with Gasteiger partial charge in [0, 0.05) is 0 Å². The average Bonchev–Trinajstić information content (AvgIpc) is 1.36. The van der Waals surface area contributed by atoms with Crippen LogP contribution in [0.25, 0.3) is 0 Å². The van der Waals surface area contributed by atoms with E-state index in [2.05, 4.69) is 0 Å². The molecule has 0 heterocycles. The summed E-state index contributed by atoms with van der Waals surface area (Å²) in [6, 6.07) is 0. The van der Waals surface area contributed by atoms with Gasteiger partial charge in [0.1, 0.15) is 0 Å². The van der Waals surface area contributed by atoms with Crippen LogP contribution in [-0.4, -0.2) is 11.7 Å². The smallest absolute Gasteiger partial charge is 0.0848 e. The first-order chi connectivity index (χ1) is 2.64. The minimum Gasteiger partial charge on any atom is -0.544 e. The lowest BCUT2D eigenvalue weighted by Gasteiger charge is -1.91. The van der Waals surface area contributed by atoms with E-state index >= 15 is 0 Å². The lowest BCUT2D eigenvalue weighted by Crippen LogP contribution is -2.28. The number of carbonyl (C=O) groups excluding carboxylic acids is 1. The molecule has 0 aliphatic heterocycles. The molecule has 0 bridgehead atoms. The van der Waals surface area contributed by atoms with Crippen LogP contribution in [-0.2, 0) is 4.79 Å². The molecule has 0 aliphatic carbocycles. The molecule has 0 unspecified atom stereocenters. The number of hydrogen-bond donors (Lipinski definition) is 1. The molecule has 0 saturated heterocycles. The Morgan fingerprint density at radius 3 is 2.00 bits per heavy atom. The summed E-state index contributed by atoms with van der Waals surface area (Å²) in [6.07, 6.45) is 0. The van der Waals surface area contributed by atoms with Gasteiger partial charge in [-0.1, -0.05) is 0 Å². The molecule has 0 radical (unpaired) electrons. The Labute approximate surface area is 35.1 Å². The molecule has 0 aromatic heterocycles. The molecule has 0 aliphatic rings. The molecule has 34 valence electrons. The largest absolute Gasteiger partial charge is 0.544 e. The summed E-state index contributed by atoms with van der Waals surface area (Å²) < 4.78 is 0. The fourth-order valence-corrected chi connectivity index (χ4v) is 0. The second-order valence-corrected chi connectivity index (χ2v) is 0.912. The molecule has 0 aromatic rings. The average molecular weight is 86.1 g/mol. The fourth-order valence-electron chi connectivity index (χ4n) is 0. The van der Waals surface area contributed by atoms with Gasteiger partial charge in [0.05, 0.1) is 11.7 Å². The SMILES string of the molecule is CC(=N)C(=O)[O-]. The predicted octanol–water partition coefficient (Wildman–Crippen LogP) is -1.22. The zero-order chi connectivity index (χ0) is 5.15. The van der Waals surface area contributed by atoms with Gasteiger partial charge in [0.25, 0.3) is 0 Å². The highest BCUT2D eigenvalue weighted by Gasteiger charge is 1.79. The van der Waals surface area contributed by atoms with Gasteiger partial charge in [-0.3, -0.25) is 0 Å². The number of aliphatic carboxylic acids is 1. The van der Waals surface area contributed by atoms with Crippen LogP contribution in [0.4, 0.5) is 0 Å². The molecule has 0 saturated carbocycles. The van der Waals surface area contributed by atoms with Crippen molar-refractivity contribution in [3.8, 4) is 0 Å². The molecule has 0 rings (SSSR count). The van der Waals surface area contributed by atoms with Crippen molar-refractivity contribution in [1.29, 1.82) is 5.41 Å². The Kier molecular flexibility index (Phi) is 1.32. The molecule has 0 aromatic carbocycles. The van der Waals surface area contributed by atoms with Crippen LogP contribution in [0.3, 0.4) is 0 Å². The topological polar surface area (TPSA) is 64.0 Å². The summed E-state index contributed by atoms with van der Waals surface area (Å²) in [7, 11) is 0. The van der Waals surface area contributed by atoms with Crippen molar-refractivity contribution in [2.24, 2.45) is 0 Å². The number of rotatable bonds is 1. The molecule has 0 fully saturated rings. The van der Waals surface area contributed by atoms with Crippen LogP contribution >= 0.6 is 0 Å². The third-order valence-electron chi connectivity index (χ3n) is 0.306. The Hall–Kier alpha value is -0.860. The molecule has 6 heavy (non-hydrogen) atoms. The van der Waals surface area contributed by atoms with E-state index in [0.29, 0.717) is 0 Å². The molecule has 0 atom stereocenters. The van der Waals surface area contributed by atoms with E-state index in [-0.39, 0.29) is 0 Å². The van der Waals surface area contributed by atoms with Gasteiger partial charge in [0.15, 0.2) is 0 Å². The van der Waals surface area contributed by atoms with Gasteiger partial charge in [-0.05, 0) is 6.92 Å². The van der Waals surface area contributed by atoms with Crippen molar-refractivity contribution in [2.45, 2.75) is 6.92 Å². The minimum absolute atomic E-state index is 0.435. The van der Waals surface area contributed by atoms with Gasteiger partial charge in [0.2, 0.25) is 0 Å². The van der Waals surface area contributed by atoms with Crippen LogP contribution in [0.5, 0.6) is 0 Å². The van der Waals surface area contributed by atoms with Gasteiger partial charge in [-0.25, -0.2) is 0 Å². The lowest BCUT2D eigenvalue weighted by atomic mass is 10.5. The number of carboxylic acids is 1. The highest BCUT2D eigenvalue weighted by Crippen LogP contribution is 1.58. The number of hydrogen-bond acceptors (Lipinski definition) is 3. The highest BCUT2D eigenvalue weighted by molar-refractivity contribution is 6.31. The Bertz CT molecular complexity index is 74.8. The normalized spacial score (nSPS) is 7.50. The number of carbonyl (C=O) groups is 1.